The highest BCUT2D eigenvalue weighted by atomic mass is 79.9. The lowest BCUT2D eigenvalue weighted by molar-refractivity contribution is 0.121. The van der Waals surface area contributed by atoms with Gasteiger partial charge in [-0.3, -0.25) is 4.90 Å². The van der Waals surface area contributed by atoms with Gasteiger partial charge in [-0.2, -0.15) is 0 Å². The Morgan fingerprint density at radius 2 is 2.13 bits per heavy atom. The van der Waals surface area contributed by atoms with Crippen LogP contribution in [0.5, 0.6) is 6.01 Å². The molecule has 0 saturated carbocycles. The van der Waals surface area contributed by atoms with Crippen LogP contribution >= 0.6 is 27.3 Å². The van der Waals surface area contributed by atoms with Gasteiger partial charge in [-0.25, -0.2) is 15.0 Å². The second-order valence-corrected chi connectivity index (χ2v) is 8.18. The molecular formula is C16H21BrN4OS. The molecule has 1 fully saturated rings. The predicted octanol–water partition coefficient (Wildman–Crippen LogP) is 3.60. The monoisotopic (exact) mass is 396 g/mol. The summed E-state index contributed by atoms with van der Waals surface area (Å²) in [5.74, 6) is 0.533. The van der Waals surface area contributed by atoms with Crippen molar-refractivity contribution >= 4 is 27.3 Å². The smallest absolute Gasteiger partial charge is 0.316 e. The van der Waals surface area contributed by atoms with Gasteiger partial charge < -0.3 is 4.74 Å². The maximum atomic E-state index is 5.75. The molecule has 1 atom stereocenters. The van der Waals surface area contributed by atoms with Crippen molar-refractivity contribution in [3.05, 3.63) is 32.4 Å². The molecule has 0 spiro atoms. The Morgan fingerprint density at radius 3 is 2.83 bits per heavy atom. The van der Waals surface area contributed by atoms with E-state index in [0.717, 1.165) is 29.1 Å². The molecule has 1 unspecified atom stereocenters. The van der Waals surface area contributed by atoms with Gasteiger partial charge in [0.15, 0.2) is 0 Å². The van der Waals surface area contributed by atoms with Crippen LogP contribution in [0.25, 0.3) is 0 Å². The molecule has 0 aliphatic carbocycles. The first-order valence-electron chi connectivity index (χ1n) is 7.86. The molecule has 1 aliphatic heterocycles. The Morgan fingerprint density at radius 1 is 1.35 bits per heavy atom. The van der Waals surface area contributed by atoms with Gasteiger partial charge in [-0.15, -0.1) is 11.3 Å². The van der Waals surface area contributed by atoms with Gasteiger partial charge >= 0.3 is 6.01 Å². The SMILES string of the molecule is Cc1nc(C)c(CN2CCCC(COc3ncc(Br)cn3)C2)s1. The molecule has 1 aliphatic rings. The second-order valence-electron chi connectivity index (χ2n) is 5.98. The Labute approximate surface area is 149 Å². The fourth-order valence-electron chi connectivity index (χ4n) is 2.92. The van der Waals surface area contributed by atoms with Crippen LogP contribution in [-0.2, 0) is 6.54 Å². The quantitative estimate of drug-likeness (QED) is 0.772. The third-order valence-corrected chi connectivity index (χ3v) is 5.48. The maximum Gasteiger partial charge on any atom is 0.316 e. The molecule has 0 aromatic carbocycles. The number of hydrogen-bond acceptors (Lipinski definition) is 6. The van der Waals surface area contributed by atoms with Crippen molar-refractivity contribution in [2.24, 2.45) is 5.92 Å². The van der Waals surface area contributed by atoms with E-state index in [1.807, 2.05) is 11.3 Å². The van der Waals surface area contributed by atoms with E-state index in [1.54, 1.807) is 12.4 Å². The van der Waals surface area contributed by atoms with Crippen LogP contribution in [0.2, 0.25) is 0 Å². The zero-order valence-electron chi connectivity index (χ0n) is 13.5. The Kier molecular flexibility index (Phi) is 5.61. The highest BCUT2D eigenvalue weighted by Gasteiger charge is 2.22. The maximum absolute atomic E-state index is 5.75. The molecule has 0 bridgehead atoms. The highest BCUT2D eigenvalue weighted by Crippen LogP contribution is 2.23. The molecule has 2 aromatic rings. The summed E-state index contributed by atoms with van der Waals surface area (Å²) in [4.78, 5) is 16.8. The molecule has 23 heavy (non-hydrogen) atoms. The number of rotatable bonds is 5. The van der Waals surface area contributed by atoms with Gasteiger partial charge in [-0.05, 0) is 49.2 Å². The molecule has 3 heterocycles. The normalized spacial score (nSPS) is 19.0. The average molecular weight is 397 g/mol. The summed E-state index contributed by atoms with van der Waals surface area (Å²) in [6.07, 6.45) is 5.84. The van der Waals surface area contributed by atoms with Crippen molar-refractivity contribution in [1.82, 2.24) is 19.9 Å². The molecule has 1 saturated heterocycles. The number of likely N-dealkylation sites (tertiary alicyclic amines) is 1. The van der Waals surface area contributed by atoms with E-state index in [1.165, 1.54) is 23.4 Å². The lowest BCUT2D eigenvalue weighted by Crippen LogP contribution is -2.37. The van der Waals surface area contributed by atoms with Gasteiger partial charge in [0.25, 0.3) is 0 Å². The van der Waals surface area contributed by atoms with Crippen LogP contribution in [0.1, 0.15) is 28.4 Å². The zero-order valence-corrected chi connectivity index (χ0v) is 15.9. The van der Waals surface area contributed by atoms with Crippen LogP contribution < -0.4 is 4.74 Å². The van der Waals surface area contributed by atoms with E-state index in [2.05, 4.69) is 49.6 Å². The van der Waals surface area contributed by atoms with Crippen molar-refractivity contribution in [1.29, 1.82) is 0 Å². The Hall–Kier alpha value is -1.05. The van der Waals surface area contributed by atoms with E-state index in [9.17, 15) is 0 Å². The molecular weight excluding hydrogens is 376 g/mol. The molecule has 7 heteroatoms. The number of nitrogens with zero attached hydrogens (tertiary/aromatic N) is 4. The van der Waals surface area contributed by atoms with Crippen LogP contribution in [0, 0.1) is 19.8 Å². The molecule has 2 aromatic heterocycles. The zero-order chi connectivity index (χ0) is 16.2. The fourth-order valence-corrected chi connectivity index (χ4v) is 4.11. The first-order chi connectivity index (χ1) is 11.1. The van der Waals surface area contributed by atoms with Crippen molar-refractivity contribution < 1.29 is 4.74 Å². The van der Waals surface area contributed by atoms with E-state index < -0.39 is 0 Å². The van der Waals surface area contributed by atoms with Gasteiger partial charge in [0, 0.05) is 36.3 Å². The third kappa shape index (κ3) is 4.71. The van der Waals surface area contributed by atoms with Crippen molar-refractivity contribution in [2.75, 3.05) is 19.7 Å². The van der Waals surface area contributed by atoms with Crippen LogP contribution in [-0.4, -0.2) is 39.5 Å². The van der Waals surface area contributed by atoms with E-state index in [4.69, 9.17) is 4.74 Å². The summed E-state index contributed by atoms with van der Waals surface area (Å²) >= 11 is 5.14. The predicted molar refractivity (Wildman–Crippen MR) is 94.8 cm³/mol. The summed E-state index contributed by atoms with van der Waals surface area (Å²) < 4.78 is 6.61. The van der Waals surface area contributed by atoms with E-state index in [-0.39, 0.29) is 0 Å². The molecule has 124 valence electrons. The molecule has 0 N–H and O–H groups in total. The highest BCUT2D eigenvalue weighted by molar-refractivity contribution is 9.10. The Balaban J connectivity index is 1.51. The van der Waals surface area contributed by atoms with Crippen LogP contribution in [0.4, 0.5) is 0 Å². The van der Waals surface area contributed by atoms with Crippen LogP contribution in [0.15, 0.2) is 16.9 Å². The largest absolute Gasteiger partial charge is 0.463 e. The average Bonchev–Trinajstić information content (AvgIpc) is 2.85. The number of piperidine rings is 1. The van der Waals surface area contributed by atoms with Crippen molar-refractivity contribution in [3.8, 4) is 6.01 Å². The summed E-state index contributed by atoms with van der Waals surface area (Å²) in [5, 5.41) is 1.15. The van der Waals surface area contributed by atoms with Gasteiger partial charge in [0.2, 0.25) is 0 Å². The fraction of sp³-hybridized carbons (Fsp3) is 0.562. The molecule has 3 rings (SSSR count). The number of aryl methyl sites for hydroxylation is 2. The minimum absolute atomic E-state index is 0.458. The minimum atomic E-state index is 0.458. The summed E-state index contributed by atoms with van der Waals surface area (Å²) in [5.41, 5.74) is 1.18. The standard InChI is InChI=1S/C16H21BrN4OS/c1-11-15(23-12(2)20-11)9-21-5-3-4-13(8-21)10-22-16-18-6-14(17)7-19-16/h6-7,13H,3-5,8-10H2,1-2H3. The number of aromatic nitrogens is 3. The number of thiazole rings is 1. The molecule has 0 radical (unpaired) electrons. The van der Waals surface area contributed by atoms with Gasteiger partial charge in [0.05, 0.1) is 21.8 Å². The lowest BCUT2D eigenvalue weighted by atomic mass is 9.99. The summed E-state index contributed by atoms with van der Waals surface area (Å²) in [6.45, 7) is 8.08. The van der Waals surface area contributed by atoms with Crippen molar-refractivity contribution in [2.45, 2.75) is 33.2 Å². The van der Waals surface area contributed by atoms with Crippen molar-refractivity contribution in [3.63, 3.8) is 0 Å². The molecule has 5 nitrogen and oxygen atoms in total. The summed E-state index contributed by atoms with van der Waals surface area (Å²) in [7, 11) is 0. The van der Waals surface area contributed by atoms with Gasteiger partial charge in [-0.1, -0.05) is 0 Å². The number of halogens is 1. The molecule has 0 amide bonds. The lowest BCUT2D eigenvalue weighted by Gasteiger charge is -2.32. The van der Waals surface area contributed by atoms with Gasteiger partial charge in [0.1, 0.15) is 0 Å². The third-order valence-electron chi connectivity index (χ3n) is 4.01. The first-order valence-corrected chi connectivity index (χ1v) is 9.46. The second kappa shape index (κ2) is 7.68. The first kappa shape index (κ1) is 16.8. The van der Waals surface area contributed by atoms with Crippen LogP contribution in [0.3, 0.4) is 0 Å². The van der Waals surface area contributed by atoms with E-state index >= 15 is 0 Å². The topological polar surface area (TPSA) is 51.1 Å². The summed E-state index contributed by atoms with van der Waals surface area (Å²) in [6, 6.07) is 0.458. The minimum Gasteiger partial charge on any atom is -0.463 e. The Bertz CT molecular complexity index is 646. The van der Waals surface area contributed by atoms with E-state index in [0.29, 0.717) is 18.5 Å². The number of ether oxygens (including phenoxy) is 1. The number of hydrogen-bond donors (Lipinski definition) is 0.